The van der Waals surface area contributed by atoms with E-state index in [1.54, 1.807) is 6.92 Å². The van der Waals surface area contributed by atoms with E-state index >= 15 is 0 Å². The molecule has 114 valence electrons. The zero-order chi connectivity index (χ0) is 15.4. The summed E-state index contributed by atoms with van der Waals surface area (Å²) < 4.78 is 63.3. The van der Waals surface area contributed by atoms with Crippen molar-refractivity contribution >= 4 is 25.7 Å². The van der Waals surface area contributed by atoms with Gasteiger partial charge in [0, 0.05) is 6.54 Å². The zero-order valence-corrected chi connectivity index (χ0v) is 12.8. The molecule has 6 nitrogen and oxygen atoms in total. The molecule has 0 spiro atoms. The lowest BCUT2D eigenvalue weighted by atomic mass is 10.2. The first-order chi connectivity index (χ1) is 9.15. The van der Waals surface area contributed by atoms with Gasteiger partial charge < -0.3 is 0 Å². The van der Waals surface area contributed by atoms with Crippen molar-refractivity contribution in [1.82, 2.24) is 4.72 Å². The van der Waals surface area contributed by atoms with Gasteiger partial charge in [-0.15, -0.1) is 0 Å². The van der Waals surface area contributed by atoms with Gasteiger partial charge in [-0.1, -0.05) is 6.07 Å². The van der Waals surface area contributed by atoms with Crippen molar-refractivity contribution < 1.29 is 21.2 Å². The van der Waals surface area contributed by atoms with E-state index in [-0.39, 0.29) is 18.0 Å². The number of rotatable bonds is 7. The lowest BCUT2D eigenvalue weighted by Gasteiger charge is -2.09. The molecule has 0 aliphatic rings. The Labute approximate surface area is 118 Å². The Morgan fingerprint density at radius 2 is 1.80 bits per heavy atom. The number of nitrogens with one attached hydrogen (secondary N) is 2. The average molecular weight is 324 g/mol. The number of hydrogen-bond acceptors (Lipinski definition) is 4. The molecule has 0 saturated heterocycles. The summed E-state index contributed by atoms with van der Waals surface area (Å²) >= 11 is 0. The Morgan fingerprint density at radius 1 is 1.15 bits per heavy atom. The fraction of sp³-hybridized carbons (Fsp3) is 0.455. The molecule has 0 aliphatic carbocycles. The van der Waals surface area contributed by atoms with Gasteiger partial charge in [-0.25, -0.2) is 25.9 Å². The average Bonchev–Trinajstić information content (AvgIpc) is 2.33. The Morgan fingerprint density at radius 3 is 2.35 bits per heavy atom. The fourth-order valence-corrected chi connectivity index (χ4v) is 3.03. The number of sulfonamides is 2. The summed E-state index contributed by atoms with van der Waals surface area (Å²) in [7, 11) is -7.17. The predicted molar refractivity (Wildman–Crippen MR) is 76.0 cm³/mol. The van der Waals surface area contributed by atoms with Gasteiger partial charge in [0.25, 0.3) is 0 Å². The minimum atomic E-state index is -3.74. The highest BCUT2D eigenvalue weighted by Crippen LogP contribution is 2.14. The van der Waals surface area contributed by atoms with Crippen LogP contribution in [-0.2, 0) is 20.0 Å². The third kappa shape index (κ3) is 5.43. The highest BCUT2D eigenvalue weighted by atomic mass is 32.2. The van der Waals surface area contributed by atoms with Crippen LogP contribution in [0, 0.1) is 12.7 Å². The first-order valence-electron chi connectivity index (χ1n) is 5.89. The highest BCUT2D eigenvalue weighted by molar-refractivity contribution is 7.92. The SMILES string of the molecule is CCS(=O)(=O)NCCS(=O)(=O)Nc1ccc(C)c(F)c1. The van der Waals surface area contributed by atoms with Crippen LogP contribution in [-0.4, -0.2) is 34.9 Å². The minimum Gasteiger partial charge on any atom is -0.283 e. The normalized spacial score (nSPS) is 12.3. The van der Waals surface area contributed by atoms with Crippen molar-refractivity contribution in [2.45, 2.75) is 13.8 Å². The second-order valence-electron chi connectivity index (χ2n) is 4.18. The Balaban J connectivity index is 2.64. The van der Waals surface area contributed by atoms with Gasteiger partial charge in [-0.05, 0) is 31.5 Å². The van der Waals surface area contributed by atoms with E-state index in [1.807, 2.05) is 0 Å². The van der Waals surface area contributed by atoms with E-state index in [1.165, 1.54) is 19.1 Å². The summed E-state index contributed by atoms with van der Waals surface area (Å²) in [6.07, 6.45) is 0. The van der Waals surface area contributed by atoms with Gasteiger partial charge in [-0.2, -0.15) is 0 Å². The molecular weight excluding hydrogens is 307 g/mol. The van der Waals surface area contributed by atoms with Crippen LogP contribution in [0.15, 0.2) is 18.2 Å². The molecular formula is C11H17FN2O4S2. The van der Waals surface area contributed by atoms with E-state index in [2.05, 4.69) is 9.44 Å². The third-order valence-corrected chi connectivity index (χ3v) is 5.21. The molecule has 2 N–H and O–H groups in total. The van der Waals surface area contributed by atoms with Crippen molar-refractivity contribution in [2.24, 2.45) is 0 Å². The first kappa shape index (κ1) is 16.9. The van der Waals surface area contributed by atoms with Gasteiger partial charge in [0.1, 0.15) is 5.82 Å². The molecule has 0 unspecified atom stereocenters. The third-order valence-electron chi connectivity index (χ3n) is 2.52. The van der Waals surface area contributed by atoms with E-state index < -0.39 is 31.6 Å². The van der Waals surface area contributed by atoms with Gasteiger partial charge >= 0.3 is 0 Å². The minimum absolute atomic E-state index is 0.103. The lowest BCUT2D eigenvalue weighted by molar-refractivity contribution is 0.583. The van der Waals surface area contributed by atoms with Gasteiger partial charge in [-0.3, -0.25) is 4.72 Å². The van der Waals surface area contributed by atoms with Crippen LogP contribution in [0.1, 0.15) is 12.5 Å². The Bertz CT molecular complexity index is 672. The zero-order valence-electron chi connectivity index (χ0n) is 11.2. The van der Waals surface area contributed by atoms with Crippen LogP contribution in [0.25, 0.3) is 0 Å². The molecule has 0 heterocycles. The molecule has 1 rings (SSSR count). The van der Waals surface area contributed by atoms with E-state index in [0.29, 0.717) is 5.56 Å². The van der Waals surface area contributed by atoms with Crippen molar-refractivity contribution in [3.63, 3.8) is 0 Å². The number of aryl methyl sites for hydroxylation is 1. The lowest BCUT2D eigenvalue weighted by Crippen LogP contribution is -2.32. The van der Waals surface area contributed by atoms with Crippen molar-refractivity contribution in [3.8, 4) is 0 Å². The molecule has 0 fully saturated rings. The molecule has 0 atom stereocenters. The van der Waals surface area contributed by atoms with Crippen LogP contribution in [0.5, 0.6) is 0 Å². The van der Waals surface area contributed by atoms with Crippen LogP contribution in [0.2, 0.25) is 0 Å². The van der Waals surface area contributed by atoms with Crippen molar-refractivity contribution in [3.05, 3.63) is 29.6 Å². The molecule has 20 heavy (non-hydrogen) atoms. The molecule has 0 radical (unpaired) electrons. The maximum Gasteiger partial charge on any atom is 0.234 e. The second-order valence-corrected chi connectivity index (χ2v) is 8.12. The number of hydrogen-bond donors (Lipinski definition) is 2. The van der Waals surface area contributed by atoms with E-state index in [0.717, 1.165) is 6.07 Å². The molecule has 0 bridgehead atoms. The van der Waals surface area contributed by atoms with Crippen LogP contribution in [0.4, 0.5) is 10.1 Å². The summed E-state index contributed by atoms with van der Waals surface area (Å²) in [6, 6.07) is 3.96. The fourth-order valence-electron chi connectivity index (χ4n) is 1.32. The van der Waals surface area contributed by atoms with Crippen molar-refractivity contribution in [2.75, 3.05) is 22.8 Å². The van der Waals surface area contributed by atoms with Crippen LogP contribution < -0.4 is 9.44 Å². The maximum atomic E-state index is 13.3. The predicted octanol–water partition coefficient (Wildman–Crippen LogP) is 0.815. The molecule has 1 aromatic carbocycles. The second kappa shape index (κ2) is 6.51. The summed E-state index contributed by atoms with van der Waals surface area (Å²) in [6.45, 7) is 2.77. The van der Waals surface area contributed by atoms with E-state index in [9.17, 15) is 21.2 Å². The van der Waals surface area contributed by atoms with Gasteiger partial charge in [0.15, 0.2) is 0 Å². The number of anilines is 1. The molecule has 0 aromatic heterocycles. The Hall–Kier alpha value is -1.19. The van der Waals surface area contributed by atoms with Crippen LogP contribution in [0.3, 0.4) is 0 Å². The monoisotopic (exact) mass is 324 g/mol. The molecule has 1 aromatic rings. The van der Waals surface area contributed by atoms with Gasteiger partial charge in [0.05, 0.1) is 17.2 Å². The standard InChI is InChI=1S/C11H17FN2O4S2/c1-3-19(15,16)13-6-7-20(17,18)14-10-5-4-9(2)11(12)8-10/h4-5,8,13-14H,3,6-7H2,1-2H3. The van der Waals surface area contributed by atoms with E-state index in [4.69, 9.17) is 0 Å². The first-order valence-corrected chi connectivity index (χ1v) is 9.19. The maximum absolute atomic E-state index is 13.3. The summed E-state index contributed by atoms with van der Waals surface area (Å²) in [5, 5.41) is 0. The smallest absolute Gasteiger partial charge is 0.234 e. The quantitative estimate of drug-likeness (QED) is 0.776. The number of halogens is 1. The topological polar surface area (TPSA) is 92.3 Å². The summed E-state index contributed by atoms with van der Waals surface area (Å²) in [4.78, 5) is 0. The molecule has 0 amide bonds. The highest BCUT2D eigenvalue weighted by Gasteiger charge is 2.13. The Kier molecular flexibility index (Phi) is 5.49. The summed E-state index contributed by atoms with van der Waals surface area (Å²) in [5.41, 5.74) is 0.509. The van der Waals surface area contributed by atoms with Crippen molar-refractivity contribution in [1.29, 1.82) is 0 Å². The molecule has 9 heteroatoms. The largest absolute Gasteiger partial charge is 0.283 e. The van der Waals surface area contributed by atoms with Gasteiger partial charge in [0.2, 0.25) is 20.0 Å². The molecule has 0 aliphatic heterocycles. The summed E-state index contributed by atoms with van der Waals surface area (Å²) in [5.74, 6) is -1.07. The van der Waals surface area contributed by atoms with Crippen LogP contribution >= 0.6 is 0 Å². The number of benzene rings is 1. The molecule has 0 saturated carbocycles.